The predicted octanol–water partition coefficient (Wildman–Crippen LogP) is 5.06. The van der Waals surface area contributed by atoms with Crippen molar-refractivity contribution in [1.82, 2.24) is 10.3 Å². The number of aryl methyl sites for hydroxylation is 1. The van der Waals surface area contributed by atoms with E-state index in [0.717, 1.165) is 24.3 Å². The lowest BCUT2D eigenvalue weighted by Crippen LogP contribution is -2.26. The van der Waals surface area contributed by atoms with Gasteiger partial charge in [0.1, 0.15) is 0 Å². The molecule has 2 nitrogen and oxygen atoms in total. The van der Waals surface area contributed by atoms with E-state index in [0.29, 0.717) is 5.92 Å². The number of fused-ring (bicyclic) bond motifs is 1. The van der Waals surface area contributed by atoms with E-state index in [1.165, 1.54) is 23.8 Å². The van der Waals surface area contributed by atoms with Crippen molar-refractivity contribution in [2.24, 2.45) is 0 Å². The summed E-state index contributed by atoms with van der Waals surface area (Å²) in [5.41, 5.74) is 3.72. The summed E-state index contributed by atoms with van der Waals surface area (Å²) in [4.78, 5) is 4.62. The molecule has 3 rings (SSSR count). The monoisotopic (exact) mass is 286 g/mol. The summed E-state index contributed by atoms with van der Waals surface area (Å²) in [6, 6.07) is 10.9. The third-order valence-corrected chi connectivity index (χ3v) is 3.68. The zero-order valence-electron chi connectivity index (χ0n) is 14.2. The lowest BCUT2D eigenvalue weighted by molar-refractivity contribution is 0.462. The van der Waals surface area contributed by atoms with Gasteiger partial charge in [-0.3, -0.25) is 4.98 Å². The summed E-state index contributed by atoms with van der Waals surface area (Å²) in [6.07, 6.45) is 2.49. The van der Waals surface area contributed by atoms with E-state index in [1.807, 2.05) is 27.7 Å². The smallest absolute Gasteiger partial charge is 0.0708 e. The molecular formula is C19H30N2. The van der Waals surface area contributed by atoms with Crippen molar-refractivity contribution in [2.45, 2.75) is 53.4 Å². The van der Waals surface area contributed by atoms with Gasteiger partial charge in [0.15, 0.2) is 0 Å². The van der Waals surface area contributed by atoms with Gasteiger partial charge in [-0.2, -0.15) is 0 Å². The first-order chi connectivity index (χ1) is 10.3. The highest BCUT2D eigenvalue weighted by atomic mass is 14.9. The molecule has 0 atom stereocenters. The lowest BCUT2D eigenvalue weighted by Gasteiger charge is -2.24. The fourth-order valence-electron chi connectivity index (χ4n) is 2.77. The minimum Gasteiger partial charge on any atom is -0.317 e. The number of hydrogen-bond acceptors (Lipinski definition) is 2. The first-order valence-corrected chi connectivity index (χ1v) is 8.41. The Bertz CT molecular complexity index is 528. The maximum absolute atomic E-state index is 4.62. The highest BCUT2D eigenvalue weighted by Crippen LogP contribution is 2.30. The molecule has 1 fully saturated rings. The molecule has 0 amide bonds. The van der Waals surface area contributed by atoms with Crippen LogP contribution in [0.15, 0.2) is 30.3 Å². The largest absolute Gasteiger partial charge is 0.317 e. The molecule has 0 spiro atoms. The van der Waals surface area contributed by atoms with Gasteiger partial charge in [-0.05, 0) is 56.5 Å². The molecule has 2 heterocycles. The van der Waals surface area contributed by atoms with E-state index in [-0.39, 0.29) is 0 Å². The van der Waals surface area contributed by atoms with Crippen LogP contribution >= 0.6 is 0 Å². The third kappa shape index (κ3) is 4.53. The van der Waals surface area contributed by atoms with E-state index in [1.54, 1.807) is 0 Å². The van der Waals surface area contributed by atoms with E-state index in [9.17, 15) is 0 Å². The number of nitrogens with zero attached hydrogens (tertiary/aromatic N) is 1. The SMILES string of the molecule is CC.CC.Cc1ccc2c(C3CCNCC3)cccc2n1. The van der Waals surface area contributed by atoms with Gasteiger partial charge in [-0.25, -0.2) is 0 Å². The van der Waals surface area contributed by atoms with Crippen molar-refractivity contribution in [2.75, 3.05) is 13.1 Å². The second-order valence-electron chi connectivity index (χ2n) is 4.89. The number of pyridine rings is 1. The zero-order valence-corrected chi connectivity index (χ0v) is 14.2. The summed E-state index contributed by atoms with van der Waals surface area (Å²) in [7, 11) is 0. The Balaban J connectivity index is 0.000000510. The molecule has 1 aromatic carbocycles. The van der Waals surface area contributed by atoms with Crippen LogP contribution in [-0.4, -0.2) is 18.1 Å². The predicted molar refractivity (Wildman–Crippen MR) is 94.0 cm³/mol. The number of benzene rings is 1. The van der Waals surface area contributed by atoms with Crippen LogP contribution in [0.2, 0.25) is 0 Å². The van der Waals surface area contributed by atoms with Gasteiger partial charge in [0, 0.05) is 11.1 Å². The minimum atomic E-state index is 0.699. The normalized spacial score (nSPS) is 14.7. The number of hydrogen-bond donors (Lipinski definition) is 1. The number of rotatable bonds is 1. The number of aromatic nitrogens is 1. The minimum absolute atomic E-state index is 0.699. The Morgan fingerprint density at radius 3 is 2.29 bits per heavy atom. The Hall–Kier alpha value is -1.41. The molecule has 2 aromatic rings. The van der Waals surface area contributed by atoms with Gasteiger partial charge < -0.3 is 5.32 Å². The summed E-state index contributed by atoms with van der Waals surface area (Å²) in [6.45, 7) is 12.3. The summed E-state index contributed by atoms with van der Waals surface area (Å²) < 4.78 is 0. The summed E-state index contributed by atoms with van der Waals surface area (Å²) in [5.74, 6) is 0.699. The molecule has 21 heavy (non-hydrogen) atoms. The first kappa shape index (κ1) is 17.6. The van der Waals surface area contributed by atoms with E-state index in [4.69, 9.17) is 0 Å². The molecule has 0 saturated carbocycles. The molecule has 0 aliphatic carbocycles. The standard InChI is InChI=1S/C15H18N2.2C2H6/c1-11-5-6-14-13(3-2-4-15(14)17-11)12-7-9-16-10-8-12;2*1-2/h2-6,12,16H,7-10H2,1H3;2*1-2H3. The van der Waals surface area contributed by atoms with Crippen LogP contribution in [-0.2, 0) is 0 Å². The molecule has 1 aliphatic heterocycles. The Morgan fingerprint density at radius 1 is 0.952 bits per heavy atom. The van der Waals surface area contributed by atoms with Crippen molar-refractivity contribution < 1.29 is 0 Å². The van der Waals surface area contributed by atoms with Gasteiger partial charge in [-0.15, -0.1) is 0 Å². The summed E-state index contributed by atoms with van der Waals surface area (Å²) >= 11 is 0. The third-order valence-electron chi connectivity index (χ3n) is 3.68. The average Bonchev–Trinajstić information content (AvgIpc) is 2.58. The van der Waals surface area contributed by atoms with Crippen LogP contribution in [0.3, 0.4) is 0 Å². The van der Waals surface area contributed by atoms with Gasteiger partial charge in [0.05, 0.1) is 5.52 Å². The fourth-order valence-corrected chi connectivity index (χ4v) is 2.77. The van der Waals surface area contributed by atoms with Crippen molar-refractivity contribution in [3.63, 3.8) is 0 Å². The first-order valence-electron chi connectivity index (χ1n) is 8.41. The molecule has 2 heteroatoms. The average molecular weight is 286 g/mol. The fraction of sp³-hybridized carbons (Fsp3) is 0.526. The molecule has 1 saturated heterocycles. The highest BCUT2D eigenvalue weighted by Gasteiger charge is 2.17. The Morgan fingerprint density at radius 2 is 1.62 bits per heavy atom. The van der Waals surface area contributed by atoms with Crippen molar-refractivity contribution >= 4 is 10.9 Å². The quantitative estimate of drug-likeness (QED) is 0.792. The molecule has 1 aromatic heterocycles. The van der Waals surface area contributed by atoms with Crippen LogP contribution in [0.4, 0.5) is 0 Å². The molecule has 0 unspecified atom stereocenters. The molecule has 0 radical (unpaired) electrons. The van der Waals surface area contributed by atoms with Gasteiger partial charge in [0.25, 0.3) is 0 Å². The van der Waals surface area contributed by atoms with Crippen LogP contribution in [0.5, 0.6) is 0 Å². The number of piperidine rings is 1. The van der Waals surface area contributed by atoms with Gasteiger partial charge in [-0.1, -0.05) is 45.9 Å². The van der Waals surface area contributed by atoms with Crippen molar-refractivity contribution in [3.05, 3.63) is 41.6 Å². The van der Waals surface area contributed by atoms with E-state index >= 15 is 0 Å². The number of nitrogens with one attached hydrogen (secondary N) is 1. The molecule has 1 N–H and O–H groups in total. The van der Waals surface area contributed by atoms with Crippen molar-refractivity contribution in [3.8, 4) is 0 Å². The van der Waals surface area contributed by atoms with Crippen LogP contribution in [0.1, 0.15) is 57.7 Å². The van der Waals surface area contributed by atoms with E-state index < -0.39 is 0 Å². The van der Waals surface area contributed by atoms with Crippen LogP contribution < -0.4 is 5.32 Å². The van der Waals surface area contributed by atoms with Crippen LogP contribution in [0.25, 0.3) is 10.9 Å². The molecular weight excluding hydrogens is 256 g/mol. The highest BCUT2D eigenvalue weighted by molar-refractivity contribution is 5.82. The van der Waals surface area contributed by atoms with Gasteiger partial charge >= 0.3 is 0 Å². The second kappa shape index (κ2) is 9.51. The molecule has 0 bridgehead atoms. The summed E-state index contributed by atoms with van der Waals surface area (Å²) in [5, 5.41) is 4.76. The second-order valence-corrected chi connectivity index (χ2v) is 4.89. The zero-order chi connectivity index (χ0) is 15.7. The Labute approximate surface area is 130 Å². The van der Waals surface area contributed by atoms with Crippen molar-refractivity contribution in [1.29, 1.82) is 0 Å². The maximum Gasteiger partial charge on any atom is 0.0708 e. The topological polar surface area (TPSA) is 24.9 Å². The molecule has 116 valence electrons. The maximum atomic E-state index is 4.62. The molecule has 1 aliphatic rings. The van der Waals surface area contributed by atoms with Gasteiger partial charge in [0.2, 0.25) is 0 Å². The lowest BCUT2D eigenvalue weighted by atomic mass is 9.88. The van der Waals surface area contributed by atoms with E-state index in [2.05, 4.69) is 47.6 Å². The Kier molecular flexibility index (Phi) is 7.99. The van der Waals surface area contributed by atoms with Crippen LogP contribution in [0, 0.1) is 6.92 Å².